The van der Waals surface area contributed by atoms with E-state index in [0.29, 0.717) is 12.4 Å². The molecule has 6 heteroatoms. The van der Waals surface area contributed by atoms with Crippen molar-refractivity contribution in [1.82, 2.24) is 0 Å². The first-order chi connectivity index (χ1) is 16.2. The largest absolute Gasteiger partial charge is 0.504 e. The summed E-state index contributed by atoms with van der Waals surface area (Å²) in [7, 11) is -3.56. The Morgan fingerprint density at radius 3 is 1.97 bits per heavy atom. The molecule has 0 saturated heterocycles. The molecule has 0 saturated carbocycles. The summed E-state index contributed by atoms with van der Waals surface area (Å²) in [5.74, 6) is 0.812. The predicted molar refractivity (Wildman–Crippen MR) is 135 cm³/mol. The van der Waals surface area contributed by atoms with E-state index in [1.807, 2.05) is 62.4 Å². The van der Waals surface area contributed by atoms with Crippen LogP contribution < -0.4 is 8.92 Å². The van der Waals surface area contributed by atoms with Crippen molar-refractivity contribution in [2.24, 2.45) is 0 Å². The second kappa shape index (κ2) is 9.61. The first-order valence-corrected chi connectivity index (χ1v) is 12.6. The van der Waals surface area contributed by atoms with Crippen LogP contribution in [0.5, 0.6) is 17.2 Å². The third-order valence-corrected chi connectivity index (χ3v) is 5.95. The van der Waals surface area contributed by atoms with Gasteiger partial charge in [-0.3, -0.25) is 0 Å². The Labute approximate surface area is 200 Å². The minimum absolute atomic E-state index is 0.0919. The van der Waals surface area contributed by atoms with Gasteiger partial charge in [-0.15, -0.1) is 0 Å². The van der Waals surface area contributed by atoms with Gasteiger partial charge in [0.05, 0.1) is 6.26 Å². The fourth-order valence-electron chi connectivity index (χ4n) is 3.99. The van der Waals surface area contributed by atoms with Crippen LogP contribution in [0.3, 0.4) is 0 Å². The Kier molecular flexibility index (Phi) is 6.61. The van der Waals surface area contributed by atoms with Gasteiger partial charge in [0.25, 0.3) is 0 Å². The van der Waals surface area contributed by atoms with Crippen LogP contribution in [-0.2, 0) is 16.7 Å². The van der Waals surface area contributed by atoms with E-state index in [-0.39, 0.29) is 11.5 Å². The highest BCUT2D eigenvalue weighted by Crippen LogP contribution is 2.36. The molecule has 5 nitrogen and oxygen atoms in total. The Morgan fingerprint density at radius 1 is 0.765 bits per heavy atom. The monoisotopic (exact) mass is 474 g/mol. The fourth-order valence-corrected chi connectivity index (χ4v) is 4.45. The predicted octanol–water partition coefficient (Wildman–Crippen LogP) is 6.26. The van der Waals surface area contributed by atoms with Crippen molar-refractivity contribution in [2.45, 2.75) is 20.5 Å². The lowest BCUT2D eigenvalue weighted by Gasteiger charge is -2.15. The number of benzene rings is 4. The first kappa shape index (κ1) is 23.4. The Bertz CT molecular complexity index is 1390. The zero-order chi connectivity index (χ0) is 24.3. The minimum Gasteiger partial charge on any atom is -0.504 e. The van der Waals surface area contributed by atoms with Crippen molar-refractivity contribution < 1.29 is 22.4 Å². The molecule has 4 aromatic rings. The summed E-state index contributed by atoms with van der Waals surface area (Å²) >= 11 is 0. The quantitative estimate of drug-likeness (QED) is 0.320. The van der Waals surface area contributed by atoms with Gasteiger partial charge < -0.3 is 14.0 Å². The van der Waals surface area contributed by atoms with Gasteiger partial charge in [-0.1, -0.05) is 60.7 Å². The highest BCUT2D eigenvalue weighted by atomic mass is 32.2. The van der Waals surface area contributed by atoms with E-state index in [9.17, 15) is 13.5 Å². The molecule has 174 valence electrons. The maximum absolute atomic E-state index is 11.3. The van der Waals surface area contributed by atoms with E-state index in [1.54, 1.807) is 24.3 Å². The Hall–Kier alpha value is -3.77. The van der Waals surface area contributed by atoms with Gasteiger partial charge in [-0.05, 0) is 77.1 Å². The summed E-state index contributed by atoms with van der Waals surface area (Å²) in [5, 5.41) is 10.5. The molecule has 0 aromatic heterocycles. The molecule has 0 aliphatic carbocycles. The van der Waals surface area contributed by atoms with Gasteiger partial charge >= 0.3 is 10.1 Å². The third-order valence-electron chi connectivity index (χ3n) is 5.45. The molecule has 4 aromatic carbocycles. The van der Waals surface area contributed by atoms with Crippen LogP contribution in [-0.4, -0.2) is 19.8 Å². The molecule has 0 bridgehead atoms. The number of rotatable bonds is 7. The second-order valence-electron chi connectivity index (χ2n) is 8.25. The Morgan fingerprint density at radius 2 is 1.38 bits per heavy atom. The molecule has 4 rings (SSSR count). The molecule has 0 atom stereocenters. The van der Waals surface area contributed by atoms with Crippen LogP contribution in [0.25, 0.3) is 22.3 Å². The molecule has 0 aliphatic heterocycles. The number of phenols is 1. The number of hydrogen-bond donors (Lipinski definition) is 1. The highest BCUT2D eigenvalue weighted by molar-refractivity contribution is 7.86. The lowest BCUT2D eigenvalue weighted by molar-refractivity contribution is 0.289. The molecule has 0 aliphatic rings. The average Bonchev–Trinajstić information content (AvgIpc) is 2.78. The Balaban J connectivity index is 1.56. The van der Waals surface area contributed by atoms with E-state index >= 15 is 0 Å². The van der Waals surface area contributed by atoms with Crippen LogP contribution in [0.4, 0.5) is 0 Å². The molecule has 0 amide bonds. The number of aromatic hydroxyl groups is 1. The first-order valence-electron chi connectivity index (χ1n) is 10.8. The van der Waals surface area contributed by atoms with Crippen molar-refractivity contribution >= 4 is 10.1 Å². The van der Waals surface area contributed by atoms with E-state index in [4.69, 9.17) is 8.92 Å². The summed E-state index contributed by atoms with van der Waals surface area (Å²) in [4.78, 5) is 0. The summed E-state index contributed by atoms with van der Waals surface area (Å²) in [6.07, 6.45) is 1.02. The van der Waals surface area contributed by atoms with Gasteiger partial charge in [0.15, 0.2) is 11.5 Å². The van der Waals surface area contributed by atoms with Gasteiger partial charge in [0.1, 0.15) is 12.4 Å². The fraction of sp³-hybridized carbons (Fsp3) is 0.143. The van der Waals surface area contributed by atoms with Gasteiger partial charge in [-0.2, -0.15) is 8.42 Å². The summed E-state index contributed by atoms with van der Waals surface area (Å²) in [5.41, 5.74) is 7.08. The van der Waals surface area contributed by atoms with Gasteiger partial charge in [-0.25, -0.2) is 0 Å². The van der Waals surface area contributed by atoms with Crippen LogP contribution >= 0.6 is 0 Å². The van der Waals surface area contributed by atoms with Crippen LogP contribution in [0, 0.1) is 13.8 Å². The standard InChI is InChI=1S/C28H26O5S/c1-19-15-24(16-20(2)28(19)22-9-12-25(13-10-22)33-34(3,30)31)23-11-14-27(26(29)17-23)32-18-21-7-5-4-6-8-21/h4-17,29H,18H2,1-3H3. The van der Waals surface area contributed by atoms with Crippen molar-refractivity contribution in [1.29, 1.82) is 0 Å². The lowest BCUT2D eigenvalue weighted by atomic mass is 9.91. The number of hydrogen-bond acceptors (Lipinski definition) is 5. The second-order valence-corrected chi connectivity index (χ2v) is 9.83. The molecular formula is C28H26O5S. The van der Waals surface area contributed by atoms with Crippen molar-refractivity contribution in [3.8, 4) is 39.5 Å². The van der Waals surface area contributed by atoms with Gasteiger partial charge in [0, 0.05) is 0 Å². The summed E-state index contributed by atoms with van der Waals surface area (Å²) < 4.78 is 33.4. The van der Waals surface area contributed by atoms with Crippen LogP contribution in [0.2, 0.25) is 0 Å². The SMILES string of the molecule is Cc1cc(-c2ccc(OCc3ccccc3)c(O)c2)cc(C)c1-c1ccc(OS(C)(=O)=O)cc1. The maximum atomic E-state index is 11.3. The molecule has 34 heavy (non-hydrogen) atoms. The van der Waals surface area contributed by atoms with E-state index in [1.165, 1.54) is 0 Å². The van der Waals surface area contributed by atoms with Crippen LogP contribution in [0.15, 0.2) is 84.9 Å². The van der Waals surface area contributed by atoms with Crippen molar-refractivity contribution in [2.75, 3.05) is 6.26 Å². The van der Waals surface area contributed by atoms with E-state index in [0.717, 1.165) is 45.2 Å². The minimum atomic E-state index is -3.56. The van der Waals surface area contributed by atoms with E-state index < -0.39 is 10.1 Å². The average molecular weight is 475 g/mol. The summed E-state index contributed by atoms with van der Waals surface area (Å²) in [6.45, 7) is 4.45. The molecule has 0 heterocycles. The normalized spacial score (nSPS) is 11.3. The van der Waals surface area contributed by atoms with Gasteiger partial charge in [0.2, 0.25) is 0 Å². The van der Waals surface area contributed by atoms with Crippen LogP contribution in [0.1, 0.15) is 16.7 Å². The van der Waals surface area contributed by atoms with Crippen molar-refractivity contribution in [3.63, 3.8) is 0 Å². The molecular weight excluding hydrogens is 448 g/mol. The number of ether oxygens (including phenoxy) is 1. The molecule has 1 N–H and O–H groups in total. The molecule has 0 spiro atoms. The summed E-state index contributed by atoms with van der Waals surface area (Å²) in [6, 6.07) is 26.4. The molecule has 0 radical (unpaired) electrons. The molecule has 0 unspecified atom stereocenters. The van der Waals surface area contributed by atoms with Crippen molar-refractivity contribution in [3.05, 3.63) is 102 Å². The lowest BCUT2D eigenvalue weighted by Crippen LogP contribution is -2.05. The molecule has 0 fully saturated rings. The van der Waals surface area contributed by atoms with E-state index in [2.05, 4.69) is 12.1 Å². The number of phenolic OH excluding ortho intramolecular Hbond substituents is 1. The topological polar surface area (TPSA) is 72.8 Å². The smallest absolute Gasteiger partial charge is 0.306 e. The zero-order valence-corrected chi connectivity index (χ0v) is 20.1. The third kappa shape index (κ3) is 5.58. The zero-order valence-electron chi connectivity index (χ0n) is 19.3. The highest BCUT2D eigenvalue weighted by Gasteiger charge is 2.12. The maximum Gasteiger partial charge on any atom is 0.306 e. The number of aryl methyl sites for hydroxylation is 2.